The maximum atomic E-state index is 12.6. The summed E-state index contributed by atoms with van der Waals surface area (Å²) in [6.45, 7) is 10.2. The van der Waals surface area contributed by atoms with Crippen LogP contribution in [-0.2, 0) is 4.79 Å². The Morgan fingerprint density at radius 3 is 2.77 bits per heavy atom. The van der Waals surface area contributed by atoms with E-state index >= 15 is 0 Å². The van der Waals surface area contributed by atoms with E-state index in [2.05, 4.69) is 32.6 Å². The lowest BCUT2D eigenvalue weighted by Crippen LogP contribution is -2.54. The summed E-state index contributed by atoms with van der Waals surface area (Å²) in [6.07, 6.45) is 15.2. The van der Waals surface area contributed by atoms with Crippen molar-refractivity contribution >= 4 is 5.78 Å². The minimum absolute atomic E-state index is 0.0210. The van der Waals surface area contributed by atoms with E-state index in [1.807, 2.05) is 0 Å². The molecular weight excluding hydrogens is 318 g/mol. The van der Waals surface area contributed by atoms with Crippen LogP contribution in [0.5, 0.6) is 0 Å². The number of Topliss-reactive ketones (excluding diaryl/α,β-unsaturated/α-hetero) is 1. The average Bonchev–Trinajstić information content (AvgIpc) is 2.92. The van der Waals surface area contributed by atoms with Crippen molar-refractivity contribution in [3.63, 3.8) is 0 Å². The van der Waals surface area contributed by atoms with Crippen LogP contribution in [-0.4, -0.2) is 12.3 Å². The Kier molecular flexibility index (Phi) is 4.70. The largest absolute Gasteiger partial charge is 0.330 e. The molecule has 4 aliphatic carbocycles. The van der Waals surface area contributed by atoms with Crippen LogP contribution in [0.4, 0.5) is 0 Å². The van der Waals surface area contributed by atoms with Gasteiger partial charge in [0.15, 0.2) is 0 Å². The molecule has 0 saturated heterocycles. The van der Waals surface area contributed by atoms with Gasteiger partial charge in [0, 0.05) is 11.8 Å². The molecule has 0 aliphatic heterocycles. The number of nitrogens with two attached hydrogens (primary N) is 1. The lowest BCUT2D eigenvalue weighted by Gasteiger charge is -2.60. The first-order chi connectivity index (χ1) is 12.4. The Morgan fingerprint density at radius 1 is 1.19 bits per heavy atom. The Morgan fingerprint density at radius 2 is 2.00 bits per heavy atom. The fourth-order valence-corrected chi connectivity index (χ4v) is 7.60. The van der Waals surface area contributed by atoms with Crippen molar-refractivity contribution in [2.45, 2.75) is 71.6 Å². The molecule has 2 N–H and O–H groups in total. The molecule has 0 amide bonds. The molecule has 2 nitrogen and oxygen atoms in total. The van der Waals surface area contributed by atoms with E-state index in [-0.39, 0.29) is 5.41 Å². The lowest BCUT2D eigenvalue weighted by molar-refractivity contribution is -0.135. The van der Waals surface area contributed by atoms with Gasteiger partial charge in [-0.25, -0.2) is 0 Å². The molecule has 0 aromatic rings. The molecule has 1 unspecified atom stereocenters. The van der Waals surface area contributed by atoms with Gasteiger partial charge in [0.05, 0.1) is 0 Å². The summed E-state index contributed by atoms with van der Waals surface area (Å²) in [5, 5.41) is 0. The Balaban J connectivity index is 1.56. The Bertz CT molecular complexity index is 622. The summed E-state index contributed by atoms with van der Waals surface area (Å²) in [5.74, 6) is 4.05. The third-order valence-corrected chi connectivity index (χ3v) is 9.11. The van der Waals surface area contributed by atoms with Crippen molar-refractivity contribution in [3.05, 3.63) is 24.3 Å². The van der Waals surface area contributed by atoms with Crippen molar-refractivity contribution in [1.29, 1.82) is 0 Å². The van der Waals surface area contributed by atoms with E-state index in [9.17, 15) is 4.79 Å². The molecule has 7 atom stereocenters. The summed E-state index contributed by atoms with van der Waals surface area (Å²) >= 11 is 0. The van der Waals surface area contributed by atoms with Crippen LogP contribution in [0.3, 0.4) is 0 Å². The first-order valence-corrected chi connectivity index (χ1v) is 11.0. The van der Waals surface area contributed by atoms with Crippen LogP contribution in [0, 0.1) is 40.4 Å². The Hall–Kier alpha value is -0.890. The minimum atomic E-state index is -0.0210. The normalized spacial score (nSPS) is 48.3. The molecule has 4 saturated carbocycles. The zero-order valence-corrected chi connectivity index (χ0v) is 16.8. The van der Waals surface area contributed by atoms with Crippen LogP contribution in [0.25, 0.3) is 0 Å². The van der Waals surface area contributed by atoms with Crippen LogP contribution < -0.4 is 5.73 Å². The second-order valence-corrected chi connectivity index (χ2v) is 10.3. The SMILES string of the molecule is C=C1C[C@@H]2[C@H](CC[C@]3(C)C(=O)CC[C@@H]23)[C@@]2(C)CC[C@@H](/C=C\CCN)CC12. The molecule has 26 heavy (non-hydrogen) atoms. The fraction of sp³-hybridized carbons (Fsp3) is 0.792. The van der Waals surface area contributed by atoms with Crippen molar-refractivity contribution in [3.8, 4) is 0 Å². The van der Waals surface area contributed by atoms with Gasteiger partial charge >= 0.3 is 0 Å². The van der Waals surface area contributed by atoms with Gasteiger partial charge in [-0.05, 0) is 92.9 Å². The molecule has 0 heterocycles. The zero-order valence-electron chi connectivity index (χ0n) is 16.8. The molecular formula is C24H37NO. The van der Waals surface area contributed by atoms with Gasteiger partial charge in [-0.2, -0.15) is 0 Å². The molecule has 0 aromatic heterocycles. The smallest absolute Gasteiger partial charge is 0.139 e. The molecule has 0 aromatic carbocycles. The predicted octanol–water partition coefficient (Wildman–Crippen LogP) is 5.29. The highest BCUT2D eigenvalue weighted by Crippen LogP contribution is 2.66. The highest BCUT2D eigenvalue weighted by Gasteiger charge is 2.60. The average molecular weight is 356 g/mol. The number of hydrogen-bond donors (Lipinski definition) is 1. The van der Waals surface area contributed by atoms with Gasteiger partial charge < -0.3 is 5.73 Å². The number of hydrogen-bond acceptors (Lipinski definition) is 2. The van der Waals surface area contributed by atoms with Crippen LogP contribution in [0.1, 0.15) is 71.6 Å². The van der Waals surface area contributed by atoms with Gasteiger partial charge in [-0.15, -0.1) is 0 Å². The molecule has 144 valence electrons. The molecule has 4 fully saturated rings. The maximum absolute atomic E-state index is 12.6. The Labute approximate surface area is 159 Å². The van der Waals surface area contributed by atoms with Gasteiger partial charge in [-0.3, -0.25) is 4.79 Å². The second kappa shape index (κ2) is 6.62. The number of carbonyl (C=O) groups is 1. The van der Waals surface area contributed by atoms with Gasteiger partial charge in [0.2, 0.25) is 0 Å². The van der Waals surface area contributed by atoms with Gasteiger partial charge in [-0.1, -0.05) is 38.2 Å². The number of fused-ring (bicyclic) bond motifs is 5. The van der Waals surface area contributed by atoms with Gasteiger partial charge in [0.1, 0.15) is 5.78 Å². The summed E-state index contributed by atoms with van der Waals surface area (Å²) in [6, 6.07) is 0. The van der Waals surface area contributed by atoms with E-state index in [4.69, 9.17) is 5.73 Å². The predicted molar refractivity (Wildman–Crippen MR) is 108 cm³/mol. The highest BCUT2D eigenvalue weighted by atomic mass is 16.1. The zero-order chi connectivity index (χ0) is 18.5. The summed E-state index contributed by atoms with van der Waals surface area (Å²) < 4.78 is 0. The molecule has 2 heteroatoms. The third kappa shape index (κ3) is 2.66. The maximum Gasteiger partial charge on any atom is 0.139 e. The van der Waals surface area contributed by atoms with Crippen molar-refractivity contribution < 1.29 is 4.79 Å². The molecule has 4 rings (SSSR count). The van der Waals surface area contributed by atoms with Gasteiger partial charge in [0.25, 0.3) is 0 Å². The fourth-order valence-electron chi connectivity index (χ4n) is 7.60. The van der Waals surface area contributed by atoms with Crippen molar-refractivity contribution in [2.75, 3.05) is 6.54 Å². The summed E-state index contributed by atoms with van der Waals surface area (Å²) in [5.41, 5.74) is 7.52. The molecule has 4 aliphatic rings. The van der Waals surface area contributed by atoms with E-state index < -0.39 is 0 Å². The van der Waals surface area contributed by atoms with Crippen LogP contribution in [0.2, 0.25) is 0 Å². The minimum Gasteiger partial charge on any atom is -0.330 e. The quantitative estimate of drug-likeness (QED) is 0.699. The second-order valence-electron chi connectivity index (χ2n) is 10.3. The first kappa shape index (κ1) is 18.5. The standard InChI is InChI=1S/C24H37NO/c1-16-14-18-19-7-8-22(26)24(19,3)12-10-20(18)23(2)11-9-17(15-21(16)23)6-4-5-13-25/h4,6,17-21H,1,5,7-15,25H2,2-3H3/b6-4-/t17-,18+,19+,20+,21?,23-,24+/m1/s1. The topological polar surface area (TPSA) is 43.1 Å². The lowest BCUT2D eigenvalue weighted by atomic mass is 9.44. The molecule has 0 bridgehead atoms. The van der Waals surface area contributed by atoms with Crippen LogP contribution >= 0.6 is 0 Å². The van der Waals surface area contributed by atoms with Crippen molar-refractivity contribution in [2.24, 2.45) is 46.2 Å². The van der Waals surface area contributed by atoms with E-state index in [0.29, 0.717) is 34.9 Å². The van der Waals surface area contributed by atoms with E-state index in [1.54, 1.807) is 0 Å². The highest BCUT2D eigenvalue weighted by molar-refractivity contribution is 5.87. The first-order valence-electron chi connectivity index (χ1n) is 11.0. The van der Waals surface area contributed by atoms with E-state index in [0.717, 1.165) is 38.1 Å². The van der Waals surface area contributed by atoms with Crippen molar-refractivity contribution in [1.82, 2.24) is 0 Å². The van der Waals surface area contributed by atoms with Crippen LogP contribution in [0.15, 0.2) is 24.3 Å². The number of carbonyl (C=O) groups excluding carboxylic acids is 1. The molecule has 0 radical (unpaired) electrons. The monoisotopic (exact) mass is 355 g/mol. The number of ketones is 1. The third-order valence-electron chi connectivity index (χ3n) is 9.11. The van der Waals surface area contributed by atoms with E-state index in [1.165, 1.54) is 37.7 Å². The molecule has 0 spiro atoms. The summed E-state index contributed by atoms with van der Waals surface area (Å²) in [7, 11) is 0. The number of rotatable bonds is 3. The summed E-state index contributed by atoms with van der Waals surface area (Å²) in [4.78, 5) is 12.6. The number of allylic oxidation sites excluding steroid dienone is 2.